The molecule has 0 saturated heterocycles. The van der Waals surface area contributed by atoms with Gasteiger partial charge in [-0.05, 0) is 36.1 Å². The Balaban J connectivity index is 0.000000858. The molecular weight excluding hydrogens is 524 g/mol. The molecule has 6 nitrogen and oxygen atoms in total. The Kier molecular flexibility index (Phi) is 8.82. The molecule has 4 rings (SSSR count). The molecule has 2 aliphatic rings. The van der Waals surface area contributed by atoms with Gasteiger partial charge in [0.2, 0.25) is 11.8 Å². The van der Waals surface area contributed by atoms with Crippen LogP contribution in [0, 0.1) is 11.8 Å². The molecule has 0 unspecified atom stereocenters. The first-order valence-electron chi connectivity index (χ1n) is 10.1. The number of rotatable bonds is 5. The molecule has 0 fully saturated rings. The van der Waals surface area contributed by atoms with Gasteiger partial charge in [0, 0.05) is 0 Å². The minimum absolute atomic E-state index is 0.188. The Morgan fingerprint density at radius 3 is 1.42 bits per heavy atom. The third-order valence-corrected chi connectivity index (χ3v) is 5.09. The summed E-state index contributed by atoms with van der Waals surface area (Å²) >= 11 is -0.346. The first kappa shape index (κ1) is 24.1. The summed E-state index contributed by atoms with van der Waals surface area (Å²) in [5.41, 5.74) is 3.03. The zero-order valence-corrected chi connectivity index (χ0v) is 21.2. The van der Waals surface area contributed by atoms with Crippen molar-refractivity contribution >= 4 is 31.2 Å². The first-order valence-corrected chi connectivity index (χ1v) is 14.6. The summed E-state index contributed by atoms with van der Waals surface area (Å²) < 4.78 is 11.5. The molecule has 0 aromatic carbocycles. The summed E-state index contributed by atoms with van der Waals surface area (Å²) in [4.78, 5) is 18.8. The Morgan fingerprint density at radius 1 is 0.742 bits per heavy atom. The van der Waals surface area contributed by atoms with Crippen molar-refractivity contribution in [2.45, 2.75) is 39.8 Å². The van der Waals surface area contributed by atoms with Gasteiger partial charge in [-0.15, -0.1) is 0 Å². The van der Waals surface area contributed by atoms with E-state index in [1.807, 2.05) is 36.4 Å². The van der Waals surface area contributed by atoms with Crippen molar-refractivity contribution < 1.29 is 24.6 Å². The van der Waals surface area contributed by atoms with E-state index >= 15 is 0 Å². The van der Waals surface area contributed by atoms with Gasteiger partial charge in [-0.2, -0.15) is 0 Å². The quantitative estimate of drug-likeness (QED) is 0.485. The molecule has 0 saturated carbocycles. The van der Waals surface area contributed by atoms with Crippen LogP contribution in [0.4, 0.5) is 0 Å². The van der Waals surface area contributed by atoms with E-state index in [1.165, 1.54) is 0 Å². The van der Waals surface area contributed by atoms with Crippen molar-refractivity contribution in [1.29, 1.82) is 0 Å². The van der Waals surface area contributed by atoms with Gasteiger partial charge < -0.3 is 9.47 Å². The summed E-state index contributed by atoms with van der Waals surface area (Å²) in [6.07, 6.45) is 0. The average Bonchev–Trinajstić information content (AvgIpc) is 3.45. The van der Waals surface area contributed by atoms with E-state index in [1.54, 1.807) is 0 Å². The van der Waals surface area contributed by atoms with Crippen LogP contribution in [0.15, 0.2) is 46.4 Å². The van der Waals surface area contributed by atoms with Gasteiger partial charge in [0.15, 0.2) is 0 Å². The van der Waals surface area contributed by atoms with E-state index in [2.05, 4.69) is 37.7 Å². The minimum atomic E-state index is -0.346. The normalized spacial score (nSPS) is 20.1. The van der Waals surface area contributed by atoms with E-state index in [-0.39, 0.29) is 27.2 Å². The number of hydrogen-bond donors (Lipinski definition) is 0. The van der Waals surface area contributed by atoms with Crippen LogP contribution in [-0.2, 0) is 24.6 Å². The molecular formula is C22H26Cl2N4O2Ru. The predicted molar refractivity (Wildman–Crippen MR) is 121 cm³/mol. The van der Waals surface area contributed by atoms with Gasteiger partial charge in [0.1, 0.15) is 24.6 Å². The van der Waals surface area contributed by atoms with Crippen LogP contribution in [0.2, 0.25) is 0 Å². The standard InChI is InChI=1S/C22H26N4O2.2ClH.Ru/c1-13(2)19-11-27-21(25-19)17-9-5-7-15(23-17)16-8-6-10-18(24-16)22-26-20(12-28-22)14(3)4;;;/h5-10,13-14,19-20H,11-12H2,1-4H3;2*1H;/q;;;+2/p-2/t19-,20-;;;/m1.../s1. The SMILES string of the molecule is CC(C)[C@H]1COC(c2cccc(-c3cccc(C4=N[C@@H](C(C)C)CO4)n3)n2)=N1.[Cl][Ru][Cl]. The second-order valence-corrected chi connectivity index (χ2v) is 10.6. The molecule has 0 N–H and O–H groups in total. The molecule has 2 aromatic heterocycles. The zero-order chi connectivity index (χ0) is 22.4. The Bertz CT molecular complexity index is 877. The second-order valence-electron chi connectivity index (χ2n) is 7.98. The molecule has 168 valence electrons. The second kappa shape index (κ2) is 11.4. The van der Waals surface area contributed by atoms with Gasteiger partial charge in [-0.25, -0.2) is 20.0 Å². The predicted octanol–water partition coefficient (Wildman–Crippen LogP) is 5.12. The molecule has 2 aliphatic heterocycles. The van der Waals surface area contributed by atoms with Crippen molar-refractivity contribution in [3.8, 4) is 11.4 Å². The Hall–Kier alpha value is -1.56. The van der Waals surface area contributed by atoms with E-state index in [0.29, 0.717) is 36.8 Å². The van der Waals surface area contributed by atoms with Crippen LogP contribution < -0.4 is 0 Å². The molecule has 31 heavy (non-hydrogen) atoms. The fourth-order valence-electron chi connectivity index (χ4n) is 3.14. The number of aliphatic imine (C=N–C) groups is 2. The van der Waals surface area contributed by atoms with Crippen molar-refractivity contribution in [2.24, 2.45) is 21.8 Å². The molecule has 0 amide bonds. The van der Waals surface area contributed by atoms with Crippen LogP contribution in [0.25, 0.3) is 11.4 Å². The summed E-state index contributed by atoms with van der Waals surface area (Å²) in [7, 11) is 9.71. The maximum atomic E-state index is 5.77. The van der Waals surface area contributed by atoms with Gasteiger partial charge >= 0.3 is 34.5 Å². The molecule has 9 heteroatoms. The van der Waals surface area contributed by atoms with Gasteiger partial charge in [0.25, 0.3) is 0 Å². The monoisotopic (exact) mass is 550 g/mol. The molecule has 4 heterocycles. The third-order valence-electron chi connectivity index (χ3n) is 5.09. The van der Waals surface area contributed by atoms with E-state index in [4.69, 9.17) is 38.8 Å². The molecule has 2 atom stereocenters. The van der Waals surface area contributed by atoms with Gasteiger partial charge in [-0.3, -0.25) is 0 Å². The molecule has 2 aromatic rings. The number of pyridine rings is 2. The molecule has 0 radical (unpaired) electrons. The van der Waals surface area contributed by atoms with Crippen LogP contribution in [0.5, 0.6) is 0 Å². The number of nitrogens with zero attached hydrogens (tertiary/aromatic N) is 4. The summed E-state index contributed by atoms with van der Waals surface area (Å²) in [5.74, 6) is 2.11. The number of ether oxygens (including phenoxy) is 2. The van der Waals surface area contributed by atoms with Crippen LogP contribution >= 0.6 is 19.4 Å². The molecule has 0 bridgehead atoms. The maximum absolute atomic E-state index is 5.77. The summed E-state index contributed by atoms with van der Waals surface area (Å²) in [6, 6.07) is 12.0. The van der Waals surface area contributed by atoms with E-state index in [0.717, 1.165) is 22.8 Å². The van der Waals surface area contributed by atoms with E-state index in [9.17, 15) is 0 Å². The molecule has 0 spiro atoms. The average molecular weight is 550 g/mol. The van der Waals surface area contributed by atoms with Crippen LogP contribution in [-0.4, -0.2) is 47.1 Å². The molecule has 0 aliphatic carbocycles. The van der Waals surface area contributed by atoms with Crippen molar-refractivity contribution in [3.05, 3.63) is 47.8 Å². The van der Waals surface area contributed by atoms with Crippen molar-refractivity contribution in [2.75, 3.05) is 13.2 Å². The van der Waals surface area contributed by atoms with Crippen molar-refractivity contribution in [1.82, 2.24) is 9.97 Å². The van der Waals surface area contributed by atoms with E-state index < -0.39 is 0 Å². The van der Waals surface area contributed by atoms with Crippen molar-refractivity contribution in [3.63, 3.8) is 0 Å². The number of aromatic nitrogens is 2. The van der Waals surface area contributed by atoms with Gasteiger partial charge in [0.05, 0.1) is 23.5 Å². The fourth-order valence-corrected chi connectivity index (χ4v) is 3.14. The summed E-state index contributed by atoms with van der Waals surface area (Å²) in [5, 5.41) is 0. The number of hydrogen-bond acceptors (Lipinski definition) is 6. The Labute approximate surface area is 199 Å². The van der Waals surface area contributed by atoms with Gasteiger partial charge in [-0.1, -0.05) is 39.8 Å². The Morgan fingerprint density at radius 2 is 1.10 bits per heavy atom. The third kappa shape index (κ3) is 6.24. The zero-order valence-electron chi connectivity index (χ0n) is 17.9. The van der Waals surface area contributed by atoms with Crippen LogP contribution in [0.3, 0.4) is 0 Å². The fraction of sp³-hybridized carbons (Fsp3) is 0.455. The topological polar surface area (TPSA) is 69.0 Å². The first-order chi connectivity index (χ1) is 14.9. The summed E-state index contributed by atoms with van der Waals surface area (Å²) in [6.45, 7) is 9.82. The van der Waals surface area contributed by atoms with Crippen LogP contribution in [0.1, 0.15) is 39.1 Å². The number of halogens is 2.